The molecule has 0 bridgehead atoms. The monoisotopic (exact) mass is 335 g/mol. The predicted octanol–water partition coefficient (Wildman–Crippen LogP) is 3.16. The summed E-state index contributed by atoms with van der Waals surface area (Å²) in [6.07, 6.45) is 4.09. The van der Waals surface area contributed by atoms with Crippen LogP contribution in [0, 0.1) is 6.92 Å². The molecule has 1 aromatic carbocycles. The van der Waals surface area contributed by atoms with E-state index < -0.39 is 0 Å². The molecule has 3 aromatic rings. The van der Waals surface area contributed by atoms with Crippen molar-refractivity contribution in [2.45, 2.75) is 20.0 Å². The molecule has 4 rings (SSSR count). The van der Waals surface area contributed by atoms with Gasteiger partial charge in [-0.2, -0.15) is 0 Å². The number of hydrogen-bond donors (Lipinski definition) is 0. The van der Waals surface area contributed by atoms with E-state index in [1.807, 2.05) is 43.3 Å². The molecule has 1 amide bonds. The number of carbonyl (C=O) groups excluding carboxylic acids is 1. The molecule has 25 heavy (non-hydrogen) atoms. The van der Waals surface area contributed by atoms with Gasteiger partial charge in [-0.25, -0.2) is 4.98 Å². The second-order valence-corrected chi connectivity index (χ2v) is 5.91. The van der Waals surface area contributed by atoms with E-state index in [9.17, 15) is 4.79 Å². The first-order valence-electron chi connectivity index (χ1n) is 8.10. The molecule has 1 aliphatic heterocycles. The first-order valence-corrected chi connectivity index (χ1v) is 8.10. The second kappa shape index (κ2) is 6.39. The number of hydrogen-bond acceptors (Lipinski definition) is 5. The zero-order valence-corrected chi connectivity index (χ0v) is 13.8. The van der Waals surface area contributed by atoms with Gasteiger partial charge in [-0.3, -0.25) is 9.78 Å². The summed E-state index contributed by atoms with van der Waals surface area (Å²) in [4.78, 5) is 23.0. The van der Waals surface area contributed by atoms with Crippen molar-refractivity contribution in [1.82, 2.24) is 9.97 Å². The van der Waals surface area contributed by atoms with Gasteiger partial charge < -0.3 is 14.1 Å². The van der Waals surface area contributed by atoms with Crippen molar-refractivity contribution >= 4 is 11.6 Å². The molecule has 0 N–H and O–H groups in total. The number of pyridine rings is 1. The van der Waals surface area contributed by atoms with Crippen LogP contribution in [-0.4, -0.2) is 22.4 Å². The molecule has 0 fully saturated rings. The van der Waals surface area contributed by atoms with E-state index in [-0.39, 0.29) is 12.5 Å². The van der Waals surface area contributed by atoms with Crippen molar-refractivity contribution in [3.63, 3.8) is 0 Å². The quantitative estimate of drug-likeness (QED) is 0.732. The fourth-order valence-corrected chi connectivity index (χ4v) is 2.84. The third-order valence-electron chi connectivity index (χ3n) is 4.03. The summed E-state index contributed by atoms with van der Waals surface area (Å²) >= 11 is 0. The predicted molar refractivity (Wildman–Crippen MR) is 91.6 cm³/mol. The molecule has 0 aliphatic carbocycles. The zero-order valence-electron chi connectivity index (χ0n) is 13.8. The SMILES string of the molecule is Cc1cncc(N2CCc3nc(COc4ccccc4)oc3C2=O)c1. The maximum absolute atomic E-state index is 12.7. The number of amides is 1. The van der Waals surface area contributed by atoms with Crippen molar-refractivity contribution in [2.75, 3.05) is 11.4 Å². The highest BCUT2D eigenvalue weighted by molar-refractivity contribution is 6.05. The number of ether oxygens (including phenoxy) is 1. The van der Waals surface area contributed by atoms with Crippen molar-refractivity contribution < 1.29 is 13.9 Å². The Labute approximate surface area is 145 Å². The molecule has 6 nitrogen and oxygen atoms in total. The maximum atomic E-state index is 12.7. The molecule has 0 unspecified atom stereocenters. The number of para-hydroxylation sites is 1. The van der Waals surface area contributed by atoms with Gasteiger partial charge in [0.2, 0.25) is 11.7 Å². The molecular weight excluding hydrogens is 318 g/mol. The first-order chi connectivity index (χ1) is 12.2. The average Bonchev–Trinajstić information content (AvgIpc) is 3.05. The zero-order chi connectivity index (χ0) is 17.2. The molecule has 0 spiro atoms. The molecule has 3 heterocycles. The van der Waals surface area contributed by atoms with Gasteiger partial charge in [0, 0.05) is 19.2 Å². The van der Waals surface area contributed by atoms with Gasteiger partial charge in [0.15, 0.2) is 6.61 Å². The number of anilines is 1. The van der Waals surface area contributed by atoms with E-state index in [1.165, 1.54) is 0 Å². The van der Waals surface area contributed by atoms with Crippen LogP contribution in [0.1, 0.15) is 27.7 Å². The summed E-state index contributed by atoms with van der Waals surface area (Å²) in [7, 11) is 0. The lowest BCUT2D eigenvalue weighted by molar-refractivity contribution is 0.0948. The Balaban J connectivity index is 1.53. The minimum atomic E-state index is -0.188. The maximum Gasteiger partial charge on any atom is 0.296 e. The van der Waals surface area contributed by atoms with Crippen LogP contribution >= 0.6 is 0 Å². The smallest absolute Gasteiger partial charge is 0.296 e. The molecule has 6 heteroatoms. The third kappa shape index (κ3) is 3.10. The number of nitrogens with zero attached hydrogens (tertiary/aromatic N) is 3. The molecule has 0 radical (unpaired) electrons. The molecule has 126 valence electrons. The van der Waals surface area contributed by atoms with Crippen LogP contribution in [0.15, 0.2) is 53.2 Å². The summed E-state index contributed by atoms with van der Waals surface area (Å²) in [6.45, 7) is 2.70. The van der Waals surface area contributed by atoms with Crippen LogP contribution in [-0.2, 0) is 13.0 Å². The van der Waals surface area contributed by atoms with E-state index >= 15 is 0 Å². The summed E-state index contributed by atoms with van der Waals surface area (Å²) < 4.78 is 11.3. The molecule has 1 aliphatic rings. The van der Waals surface area contributed by atoms with Crippen molar-refractivity contribution in [2.24, 2.45) is 0 Å². The number of fused-ring (bicyclic) bond motifs is 1. The summed E-state index contributed by atoms with van der Waals surface area (Å²) in [5.74, 6) is 1.25. The van der Waals surface area contributed by atoms with E-state index in [2.05, 4.69) is 9.97 Å². The number of rotatable bonds is 4. The normalized spacial score (nSPS) is 13.6. The van der Waals surface area contributed by atoms with Crippen molar-refractivity contribution in [3.8, 4) is 5.75 Å². The lowest BCUT2D eigenvalue weighted by Gasteiger charge is -2.25. The Morgan fingerprint density at radius 1 is 1.24 bits per heavy atom. The first kappa shape index (κ1) is 15.4. The number of carbonyl (C=O) groups is 1. The van der Waals surface area contributed by atoms with E-state index in [0.29, 0.717) is 30.3 Å². The standard InChI is InChI=1S/C19H17N3O3/c1-13-9-14(11-20-10-13)22-8-7-16-18(19(22)23)25-17(21-16)12-24-15-5-3-2-4-6-15/h2-6,9-11H,7-8,12H2,1H3. The number of aromatic nitrogens is 2. The fraction of sp³-hybridized carbons (Fsp3) is 0.211. The van der Waals surface area contributed by atoms with Crippen LogP contribution in [0.4, 0.5) is 5.69 Å². The Morgan fingerprint density at radius 2 is 2.08 bits per heavy atom. The Morgan fingerprint density at radius 3 is 2.88 bits per heavy atom. The number of benzene rings is 1. The Hall–Kier alpha value is -3.15. The van der Waals surface area contributed by atoms with Gasteiger partial charge in [-0.1, -0.05) is 18.2 Å². The highest BCUT2D eigenvalue weighted by Gasteiger charge is 2.31. The average molecular weight is 335 g/mol. The van der Waals surface area contributed by atoms with Crippen LogP contribution in [0.25, 0.3) is 0 Å². The molecule has 0 saturated heterocycles. The topological polar surface area (TPSA) is 68.5 Å². The van der Waals surface area contributed by atoms with Crippen molar-refractivity contribution in [1.29, 1.82) is 0 Å². The van der Waals surface area contributed by atoms with Crippen LogP contribution < -0.4 is 9.64 Å². The molecule has 0 atom stereocenters. The van der Waals surface area contributed by atoms with Gasteiger partial charge in [-0.05, 0) is 30.7 Å². The Bertz CT molecular complexity index is 905. The van der Waals surface area contributed by atoms with E-state index in [1.54, 1.807) is 17.3 Å². The largest absolute Gasteiger partial charge is 0.484 e. The fourth-order valence-electron chi connectivity index (χ4n) is 2.84. The molecule has 0 saturated carbocycles. The minimum absolute atomic E-state index is 0.188. The number of aryl methyl sites for hydroxylation is 1. The third-order valence-corrected chi connectivity index (χ3v) is 4.03. The summed E-state index contributed by atoms with van der Waals surface area (Å²) in [6, 6.07) is 11.4. The lowest BCUT2D eigenvalue weighted by atomic mass is 10.1. The van der Waals surface area contributed by atoms with Crippen LogP contribution in [0.2, 0.25) is 0 Å². The van der Waals surface area contributed by atoms with Crippen LogP contribution in [0.3, 0.4) is 0 Å². The Kier molecular flexibility index (Phi) is 3.93. The van der Waals surface area contributed by atoms with Gasteiger partial charge in [0.1, 0.15) is 5.75 Å². The van der Waals surface area contributed by atoms with Gasteiger partial charge in [0.25, 0.3) is 5.91 Å². The van der Waals surface area contributed by atoms with Gasteiger partial charge in [0.05, 0.1) is 17.6 Å². The van der Waals surface area contributed by atoms with E-state index in [4.69, 9.17) is 9.15 Å². The second-order valence-electron chi connectivity index (χ2n) is 5.91. The lowest BCUT2D eigenvalue weighted by Crippen LogP contribution is -2.37. The van der Waals surface area contributed by atoms with Crippen molar-refractivity contribution in [3.05, 3.63) is 71.7 Å². The minimum Gasteiger partial charge on any atom is -0.484 e. The number of oxazole rings is 1. The summed E-state index contributed by atoms with van der Waals surface area (Å²) in [5, 5.41) is 0. The highest BCUT2D eigenvalue weighted by atomic mass is 16.5. The van der Waals surface area contributed by atoms with E-state index in [0.717, 1.165) is 17.0 Å². The van der Waals surface area contributed by atoms with Gasteiger partial charge in [-0.15, -0.1) is 0 Å². The highest BCUT2D eigenvalue weighted by Crippen LogP contribution is 2.25. The molecular formula is C19H17N3O3. The van der Waals surface area contributed by atoms with Gasteiger partial charge >= 0.3 is 0 Å². The molecule has 2 aromatic heterocycles. The van der Waals surface area contributed by atoms with Crippen LogP contribution in [0.5, 0.6) is 5.75 Å². The summed E-state index contributed by atoms with van der Waals surface area (Å²) in [5.41, 5.74) is 2.47.